The van der Waals surface area contributed by atoms with E-state index in [4.69, 9.17) is 5.41 Å². The second kappa shape index (κ2) is 8.01. The maximum Gasteiger partial charge on any atom is 0.0792 e. The minimum Gasteiger partial charge on any atom is -0.370 e. The molecular formula is C24H28N4. The lowest BCUT2D eigenvalue weighted by molar-refractivity contribution is 0.320. The first kappa shape index (κ1) is 18.5. The second-order valence-electron chi connectivity index (χ2n) is 7.76. The molecule has 0 spiro atoms. The Labute approximate surface area is 167 Å². The average molecular weight is 373 g/mol. The fourth-order valence-electron chi connectivity index (χ4n) is 4.00. The summed E-state index contributed by atoms with van der Waals surface area (Å²) in [6, 6.07) is 17.5. The van der Waals surface area contributed by atoms with Crippen LogP contribution in [0.2, 0.25) is 0 Å². The summed E-state index contributed by atoms with van der Waals surface area (Å²) in [5.41, 5.74) is 8.23. The monoisotopic (exact) mass is 372 g/mol. The molecule has 4 rings (SSSR count). The van der Waals surface area contributed by atoms with Gasteiger partial charge in [0.25, 0.3) is 0 Å². The predicted molar refractivity (Wildman–Crippen MR) is 119 cm³/mol. The minimum absolute atomic E-state index is 0.674. The highest BCUT2D eigenvalue weighted by molar-refractivity contribution is 6.09. The summed E-state index contributed by atoms with van der Waals surface area (Å²) in [6.45, 7) is 8.80. The van der Waals surface area contributed by atoms with Crippen LogP contribution in [0.25, 0.3) is 11.1 Å². The van der Waals surface area contributed by atoms with E-state index in [0.29, 0.717) is 12.1 Å². The van der Waals surface area contributed by atoms with Gasteiger partial charge < -0.3 is 15.2 Å². The van der Waals surface area contributed by atoms with E-state index in [1.807, 2.05) is 6.92 Å². The van der Waals surface area contributed by atoms with E-state index in [2.05, 4.69) is 76.3 Å². The zero-order chi connectivity index (χ0) is 19.5. The van der Waals surface area contributed by atoms with Crippen LogP contribution in [0.3, 0.4) is 0 Å². The molecule has 1 fully saturated rings. The Kier molecular flexibility index (Phi) is 5.29. The number of allylic oxidation sites excluding steroid dienone is 1. The first-order chi connectivity index (χ1) is 13.6. The van der Waals surface area contributed by atoms with E-state index < -0.39 is 0 Å². The maximum atomic E-state index is 7.66. The number of hydrogen-bond acceptors (Lipinski definition) is 4. The quantitative estimate of drug-likeness (QED) is 0.782. The van der Waals surface area contributed by atoms with Gasteiger partial charge in [0.1, 0.15) is 0 Å². The van der Waals surface area contributed by atoms with Crippen LogP contribution in [-0.2, 0) is 0 Å². The van der Waals surface area contributed by atoms with Crippen LogP contribution in [-0.4, -0.2) is 49.0 Å². The predicted octanol–water partition coefficient (Wildman–Crippen LogP) is 4.55. The fourth-order valence-corrected chi connectivity index (χ4v) is 4.00. The lowest BCUT2D eigenvalue weighted by Crippen LogP contribution is -2.46. The highest BCUT2D eigenvalue weighted by Gasteiger charge is 2.22. The van der Waals surface area contributed by atoms with E-state index in [1.54, 1.807) is 0 Å². The Morgan fingerprint density at radius 2 is 1.64 bits per heavy atom. The third-order valence-corrected chi connectivity index (χ3v) is 5.52. The van der Waals surface area contributed by atoms with Gasteiger partial charge in [-0.15, -0.1) is 0 Å². The number of aryl methyl sites for hydroxylation is 1. The number of nitrogens with one attached hydrogen (secondary N) is 1. The van der Waals surface area contributed by atoms with E-state index >= 15 is 0 Å². The first-order valence-electron chi connectivity index (χ1n) is 10.0. The summed E-state index contributed by atoms with van der Waals surface area (Å²) in [7, 11) is 0. The smallest absolute Gasteiger partial charge is 0.0792 e. The number of piperazine rings is 1. The second-order valence-corrected chi connectivity index (χ2v) is 7.76. The van der Waals surface area contributed by atoms with Crippen LogP contribution >= 0.6 is 0 Å². The SMILES string of the molecule is CC(=N)CC1=NCC(N2CCN(c3ccccc3-c3ccc(C)cc3)CC2)=C1. The molecule has 0 amide bonds. The van der Waals surface area contributed by atoms with Crippen molar-refractivity contribution in [1.82, 2.24) is 4.90 Å². The standard InChI is InChI=1S/C24H28N4/c1-18-7-9-20(10-8-18)23-5-3-4-6-24(23)28-13-11-27(12-14-28)22-16-21(26-17-22)15-19(2)25/h3-10,16,25H,11-15,17H2,1-2H3. The van der Waals surface area contributed by atoms with E-state index in [1.165, 1.54) is 28.1 Å². The van der Waals surface area contributed by atoms with Crippen LogP contribution in [0.1, 0.15) is 18.9 Å². The van der Waals surface area contributed by atoms with Crippen LogP contribution in [0.15, 0.2) is 65.3 Å². The van der Waals surface area contributed by atoms with Gasteiger partial charge >= 0.3 is 0 Å². The van der Waals surface area contributed by atoms with Crippen LogP contribution in [0.4, 0.5) is 5.69 Å². The topological polar surface area (TPSA) is 42.7 Å². The molecule has 0 aromatic heterocycles. The third kappa shape index (κ3) is 4.01. The summed E-state index contributed by atoms with van der Waals surface area (Å²) < 4.78 is 0. The van der Waals surface area contributed by atoms with Gasteiger partial charge in [-0.25, -0.2) is 0 Å². The van der Waals surface area contributed by atoms with Gasteiger partial charge in [0.2, 0.25) is 0 Å². The Morgan fingerprint density at radius 3 is 2.36 bits per heavy atom. The first-order valence-corrected chi connectivity index (χ1v) is 10.0. The van der Waals surface area contributed by atoms with Gasteiger partial charge in [-0.05, 0) is 31.6 Å². The molecule has 1 N–H and O–H groups in total. The summed E-state index contributed by atoms with van der Waals surface area (Å²) in [5, 5.41) is 7.66. The largest absolute Gasteiger partial charge is 0.370 e. The molecule has 0 bridgehead atoms. The van der Waals surface area contributed by atoms with E-state index in [9.17, 15) is 0 Å². The normalized spacial score (nSPS) is 16.8. The molecule has 0 unspecified atom stereocenters. The van der Waals surface area contributed by atoms with Crippen molar-refractivity contribution < 1.29 is 0 Å². The van der Waals surface area contributed by atoms with Crippen LogP contribution in [0, 0.1) is 12.3 Å². The molecule has 144 valence electrons. The Bertz CT molecular complexity index is 916. The van der Waals surface area contributed by atoms with Crippen molar-refractivity contribution >= 4 is 17.1 Å². The number of benzene rings is 2. The van der Waals surface area contributed by atoms with Gasteiger partial charge in [0, 0.05) is 61.0 Å². The lowest BCUT2D eigenvalue weighted by atomic mass is 10.0. The Morgan fingerprint density at radius 1 is 0.964 bits per heavy atom. The van der Waals surface area contributed by atoms with Gasteiger partial charge in [0.05, 0.1) is 6.54 Å². The molecule has 4 heteroatoms. The molecule has 2 heterocycles. The highest BCUT2D eigenvalue weighted by Crippen LogP contribution is 2.32. The molecule has 1 saturated heterocycles. The maximum absolute atomic E-state index is 7.66. The summed E-state index contributed by atoms with van der Waals surface area (Å²) in [6.07, 6.45) is 2.86. The van der Waals surface area contributed by atoms with Crippen molar-refractivity contribution in [3.63, 3.8) is 0 Å². The van der Waals surface area contributed by atoms with Gasteiger partial charge in [-0.1, -0.05) is 48.0 Å². The van der Waals surface area contributed by atoms with Crippen molar-refractivity contribution in [2.45, 2.75) is 20.3 Å². The van der Waals surface area contributed by atoms with Gasteiger partial charge in [-0.3, -0.25) is 4.99 Å². The molecule has 2 aromatic rings. The summed E-state index contributed by atoms with van der Waals surface area (Å²) in [4.78, 5) is 9.56. The highest BCUT2D eigenvalue weighted by atomic mass is 15.3. The zero-order valence-electron chi connectivity index (χ0n) is 16.8. The molecule has 0 atom stereocenters. The van der Waals surface area contributed by atoms with Crippen molar-refractivity contribution in [2.24, 2.45) is 4.99 Å². The lowest BCUT2D eigenvalue weighted by Gasteiger charge is -2.38. The number of hydrogen-bond donors (Lipinski definition) is 1. The van der Waals surface area contributed by atoms with Crippen molar-refractivity contribution in [1.29, 1.82) is 5.41 Å². The molecule has 4 nitrogen and oxygen atoms in total. The zero-order valence-corrected chi connectivity index (χ0v) is 16.8. The molecule has 28 heavy (non-hydrogen) atoms. The summed E-state index contributed by atoms with van der Waals surface area (Å²) in [5.74, 6) is 0. The van der Waals surface area contributed by atoms with E-state index in [0.717, 1.165) is 38.4 Å². The van der Waals surface area contributed by atoms with Crippen molar-refractivity contribution in [2.75, 3.05) is 37.6 Å². The molecular weight excluding hydrogens is 344 g/mol. The number of aliphatic imine (C=N–C) groups is 1. The molecule has 0 saturated carbocycles. The summed E-state index contributed by atoms with van der Waals surface area (Å²) >= 11 is 0. The molecule has 2 aliphatic rings. The minimum atomic E-state index is 0.674. The average Bonchev–Trinajstić information content (AvgIpc) is 3.16. The Hall–Kier alpha value is -2.88. The van der Waals surface area contributed by atoms with Crippen molar-refractivity contribution in [3.05, 3.63) is 65.9 Å². The molecule has 2 aliphatic heterocycles. The number of nitrogens with zero attached hydrogens (tertiary/aromatic N) is 3. The molecule has 2 aromatic carbocycles. The van der Waals surface area contributed by atoms with Gasteiger partial charge in [0.15, 0.2) is 0 Å². The number of anilines is 1. The Balaban J connectivity index is 1.45. The van der Waals surface area contributed by atoms with Gasteiger partial charge in [-0.2, -0.15) is 0 Å². The number of para-hydroxylation sites is 1. The van der Waals surface area contributed by atoms with E-state index in [-0.39, 0.29) is 0 Å². The number of rotatable bonds is 5. The third-order valence-electron chi connectivity index (χ3n) is 5.52. The van der Waals surface area contributed by atoms with Crippen molar-refractivity contribution in [3.8, 4) is 11.1 Å². The van der Waals surface area contributed by atoms with Crippen LogP contribution in [0.5, 0.6) is 0 Å². The van der Waals surface area contributed by atoms with Crippen LogP contribution < -0.4 is 4.90 Å². The fraction of sp³-hybridized carbons (Fsp3) is 0.333. The molecule has 0 radical (unpaired) electrons. The molecule has 0 aliphatic carbocycles.